The minimum Gasteiger partial charge on any atom is -0.192 e. The van der Waals surface area contributed by atoms with Gasteiger partial charge >= 0.3 is 0 Å². The molecule has 0 aliphatic heterocycles. The van der Waals surface area contributed by atoms with Crippen molar-refractivity contribution < 1.29 is 0 Å². The molecule has 2 saturated carbocycles. The van der Waals surface area contributed by atoms with Gasteiger partial charge in [0.1, 0.15) is 0 Å². The van der Waals surface area contributed by atoms with Crippen LogP contribution >= 0.6 is 22.6 Å². The van der Waals surface area contributed by atoms with Gasteiger partial charge in [-0.1, -0.05) is 66.8 Å². The molecule has 0 bridgehead atoms. The fourth-order valence-electron chi connectivity index (χ4n) is 4.45. The van der Waals surface area contributed by atoms with Gasteiger partial charge in [-0.2, -0.15) is 5.26 Å². The third kappa shape index (κ3) is 3.62. The summed E-state index contributed by atoms with van der Waals surface area (Å²) in [6.07, 6.45) is 11.3. The summed E-state index contributed by atoms with van der Waals surface area (Å²) < 4.78 is 0.865. The van der Waals surface area contributed by atoms with Crippen LogP contribution in [-0.2, 0) is 0 Å². The zero-order valence-corrected chi connectivity index (χ0v) is 14.8. The van der Waals surface area contributed by atoms with Crippen LogP contribution in [0.1, 0.15) is 68.4 Å². The Morgan fingerprint density at radius 1 is 0.952 bits per heavy atom. The summed E-state index contributed by atoms with van der Waals surface area (Å²) in [5, 5.41) is 8.98. The van der Waals surface area contributed by atoms with Crippen LogP contribution in [0.3, 0.4) is 0 Å². The van der Waals surface area contributed by atoms with Crippen molar-refractivity contribution in [2.24, 2.45) is 11.8 Å². The molecule has 0 spiro atoms. The maximum atomic E-state index is 8.98. The van der Waals surface area contributed by atoms with Crippen LogP contribution in [0.25, 0.3) is 0 Å². The highest BCUT2D eigenvalue weighted by Gasteiger charge is 2.35. The second-order valence-electron chi connectivity index (χ2n) is 6.81. The first-order valence-electron chi connectivity index (χ1n) is 8.42. The number of hydrogen-bond acceptors (Lipinski definition) is 1. The molecule has 3 rings (SSSR count). The molecule has 21 heavy (non-hydrogen) atoms. The van der Waals surface area contributed by atoms with Crippen molar-refractivity contribution in [2.45, 2.75) is 61.2 Å². The average molecular weight is 393 g/mol. The third-order valence-electron chi connectivity index (χ3n) is 5.56. The molecular weight excluding hydrogens is 369 g/mol. The highest BCUT2D eigenvalue weighted by Crippen LogP contribution is 2.47. The van der Waals surface area contributed by atoms with Gasteiger partial charge in [0.15, 0.2) is 0 Å². The van der Waals surface area contributed by atoms with Crippen LogP contribution < -0.4 is 0 Å². The van der Waals surface area contributed by atoms with Crippen LogP contribution in [0.4, 0.5) is 0 Å². The van der Waals surface area contributed by atoms with Gasteiger partial charge in [0, 0.05) is 3.92 Å². The molecule has 3 unspecified atom stereocenters. The number of alkyl halides is 1. The molecule has 0 aromatic heterocycles. The van der Waals surface area contributed by atoms with Crippen LogP contribution in [0.15, 0.2) is 24.3 Å². The van der Waals surface area contributed by atoms with E-state index >= 15 is 0 Å². The molecule has 0 amide bonds. The van der Waals surface area contributed by atoms with E-state index < -0.39 is 0 Å². The van der Waals surface area contributed by atoms with E-state index in [0.717, 1.165) is 27.2 Å². The van der Waals surface area contributed by atoms with E-state index in [1.807, 2.05) is 12.1 Å². The Morgan fingerprint density at radius 3 is 2.33 bits per heavy atom. The van der Waals surface area contributed by atoms with Crippen molar-refractivity contribution in [1.29, 1.82) is 5.26 Å². The number of rotatable bonds is 2. The van der Waals surface area contributed by atoms with Crippen LogP contribution in [0.2, 0.25) is 0 Å². The monoisotopic (exact) mass is 393 g/mol. The lowest BCUT2D eigenvalue weighted by atomic mass is 9.66. The smallest absolute Gasteiger partial charge is 0.0991 e. The number of halogens is 1. The van der Waals surface area contributed by atoms with Gasteiger partial charge in [-0.05, 0) is 54.7 Å². The molecule has 2 aliphatic carbocycles. The molecule has 0 heterocycles. The Morgan fingerprint density at radius 2 is 1.67 bits per heavy atom. The Balaban J connectivity index is 1.80. The van der Waals surface area contributed by atoms with Crippen LogP contribution in [-0.4, -0.2) is 3.92 Å². The standard InChI is InChI=1S/C19H24IN/c20-17-10-11-18(16-8-6-14(13-21)7-9-16)19(12-17)15-4-2-1-3-5-15/h6-9,15,17-19H,1-5,10-12H2. The normalized spacial score (nSPS) is 30.8. The molecule has 112 valence electrons. The largest absolute Gasteiger partial charge is 0.192 e. The van der Waals surface area contributed by atoms with Gasteiger partial charge in [0.05, 0.1) is 11.6 Å². The topological polar surface area (TPSA) is 23.8 Å². The number of nitrogens with zero attached hydrogens (tertiary/aromatic N) is 1. The van der Waals surface area contributed by atoms with Gasteiger partial charge in [-0.25, -0.2) is 0 Å². The number of hydrogen-bond donors (Lipinski definition) is 0. The highest BCUT2D eigenvalue weighted by atomic mass is 127. The molecule has 2 aliphatic rings. The Kier molecular flexibility index (Phi) is 5.21. The summed E-state index contributed by atoms with van der Waals surface area (Å²) >= 11 is 2.67. The lowest BCUT2D eigenvalue weighted by Crippen LogP contribution is -2.31. The minimum atomic E-state index is 0.729. The van der Waals surface area contributed by atoms with Crippen LogP contribution in [0, 0.1) is 23.2 Å². The first kappa shape index (κ1) is 15.3. The van der Waals surface area contributed by atoms with Gasteiger partial charge in [-0.15, -0.1) is 0 Å². The summed E-state index contributed by atoms with van der Waals surface area (Å²) in [6, 6.07) is 10.7. The summed E-state index contributed by atoms with van der Waals surface area (Å²) in [4.78, 5) is 0. The number of benzene rings is 1. The second-order valence-corrected chi connectivity index (χ2v) is 8.57. The molecule has 1 aromatic carbocycles. The molecule has 2 fully saturated rings. The fraction of sp³-hybridized carbons (Fsp3) is 0.632. The SMILES string of the molecule is N#Cc1ccc(C2CCC(I)CC2C2CCCCC2)cc1. The summed E-state index contributed by atoms with van der Waals surface area (Å²) in [6.45, 7) is 0. The molecule has 0 N–H and O–H groups in total. The Labute approximate surface area is 142 Å². The van der Waals surface area contributed by atoms with E-state index in [1.54, 1.807) is 0 Å². The number of nitriles is 1. The lowest BCUT2D eigenvalue weighted by molar-refractivity contribution is 0.175. The summed E-state index contributed by atoms with van der Waals surface area (Å²) in [5.74, 6) is 2.54. The predicted octanol–water partition coefficient (Wildman–Crippen LogP) is 5.83. The van der Waals surface area contributed by atoms with E-state index in [-0.39, 0.29) is 0 Å². The molecule has 1 aromatic rings. The van der Waals surface area contributed by atoms with E-state index in [2.05, 4.69) is 40.8 Å². The molecule has 3 atom stereocenters. The Bertz CT molecular complexity index is 495. The van der Waals surface area contributed by atoms with Crippen LogP contribution in [0.5, 0.6) is 0 Å². The van der Waals surface area contributed by atoms with Crippen molar-refractivity contribution in [3.8, 4) is 6.07 Å². The predicted molar refractivity (Wildman–Crippen MR) is 95.6 cm³/mol. The van der Waals surface area contributed by atoms with Gasteiger partial charge in [0.25, 0.3) is 0 Å². The Hall–Kier alpha value is -0.560. The molecule has 0 radical (unpaired) electrons. The quantitative estimate of drug-likeness (QED) is 0.458. The highest BCUT2D eigenvalue weighted by molar-refractivity contribution is 14.1. The summed E-state index contributed by atoms with van der Waals surface area (Å²) in [7, 11) is 0. The van der Waals surface area contributed by atoms with E-state index in [1.165, 1.54) is 56.9 Å². The first-order chi connectivity index (χ1) is 10.3. The van der Waals surface area contributed by atoms with Gasteiger partial charge < -0.3 is 0 Å². The van der Waals surface area contributed by atoms with E-state index in [9.17, 15) is 0 Å². The zero-order chi connectivity index (χ0) is 14.7. The van der Waals surface area contributed by atoms with Crippen molar-refractivity contribution in [2.75, 3.05) is 0 Å². The van der Waals surface area contributed by atoms with Gasteiger partial charge in [-0.3, -0.25) is 0 Å². The molecular formula is C19H24IN. The van der Waals surface area contributed by atoms with Crippen molar-refractivity contribution >= 4 is 22.6 Å². The first-order valence-corrected chi connectivity index (χ1v) is 9.66. The third-order valence-corrected chi connectivity index (χ3v) is 6.69. The second kappa shape index (κ2) is 7.13. The molecule has 1 nitrogen and oxygen atoms in total. The lowest BCUT2D eigenvalue weighted by Gasteiger charge is -2.41. The van der Waals surface area contributed by atoms with Gasteiger partial charge in [0.2, 0.25) is 0 Å². The molecule has 2 heteroatoms. The van der Waals surface area contributed by atoms with Crippen molar-refractivity contribution in [3.05, 3.63) is 35.4 Å². The zero-order valence-electron chi connectivity index (χ0n) is 12.6. The molecule has 0 saturated heterocycles. The van der Waals surface area contributed by atoms with E-state index in [4.69, 9.17) is 5.26 Å². The van der Waals surface area contributed by atoms with Crippen molar-refractivity contribution in [3.63, 3.8) is 0 Å². The minimum absolute atomic E-state index is 0.729. The maximum Gasteiger partial charge on any atom is 0.0991 e. The summed E-state index contributed by atoms with van der Waals surface area (Å²) in [5.41, 5.74) is 2.27. The van der Waals surface area contributed by atoms with E-state index in [0.29, 0.717) is 0 Å². The average Bonchev–Trinajstić information content (AvgIpc) is 2.56. The van der Waals surface area contributed by atoms with Crippen molar-refractivity contribution in [1.82, 2.24) is 0 Å². The fourth-order valence-corrected chi connectivity index (χ4v) is 5.40. The maximum absolute atomic E-state index is 8.98.